The van der Waals surface area contributed by atoms with Gasteiger partial charge in [-0.1, -0.05) is 29.8 Å². The van der Waals surface area contributed by atoms with Crippen molar-refractivity contribution in [3.63, 3.8) is 0 Å². The van der Waals surface area contributed by atoms with Gasteiger partial charge < -0.3 is 10.4 Å². The van der Waals surface area contributed by atoms with Crippen LogP contribution in [0.2, 0.25) is 5.02 Å². The van der Waals surface area contributed by atoms with Crippen LogP contribution >= 0.6 is 11.6 Å². The minimum Gasteiger partial charge on any atom is -0.389 e. The van der Waals surface area contributed by atoms with Gasteiger partial charge in [-0.3, -0.25) is 4.68 Å². The summed E-state index contributed by atoms with van der Waals surface area (Å²) in [4.78, 5) is 0. The molecule has 1 saturated carbocycles. The van der Waals surface area contributed by atoms with Crippen molar-refractivity contribution in [1.82, 2.24) is 15.1 Å². The molecule has 23 heavy (non-hydrogen) atoms. The van der Waals surface area contributed by atoms with E-state index >= 15 is 0 Å². The molecule has 1 aromatic carbocycles. The van der Waals surface area contributed by atoms with E-state index in [2.05, 4.69) is 17.3 Å². The number of hydrogen-bond donors (Lipinski definition) is 2. The molecular formula is C18H24ClN3O. The van der Waals surface area contributed by atoms with Crippen LogP contribution in [0.5, 0.6) is 0 Å². The number of aromatic nitrogens is 2. The number of nitrogens with one attached hydrogen (secondary N) is 1. The van der Waals surface area contributed by atoms with E-state index in [1.54, 1.807) is 0 Å². The Kier molecular flexibility index (Phi) is 4.76. The molecule has 0 radical (unpaired) electrons. The van der Waals surface area contributed by atoms with Crippen LogP contribution in [0, 0.1) is 13.8 Å². The molecule has 2 N–H and O–H groups in total. The fraction of sp³-hybridized carbons (Fsp3) is 0.500. The Morgan fingerprint density at radius 2 is 2.04 bits per heavy atom. The zero-order chi connectivity index (χ0) is 16.4. The number of nitrogens with zero attached hydrogens (tertiary/aromatic N) is 2. The van der Waals surface area contributed by atoms with Crippen molar-refractivity contribution < 1.29 is 5.11 Å². The molecule has 1 heterocycles. The Balaban J connectivity index is 1.68. The largest absolute Gasteiger partial charge is 0.389 e. The van der Waals surface area contributed by atoms with E-state index in [-0.39, 0.29) is 0 Å². The molecule has 0 amide bonds. The van der Waals surface area contributed by atoms with Gasteiger partial charge in [0.2, 0.25) is 0 Å². The van der Waals surface area contributed by atoms with Crippen LogP contribution in [-0.4, -0.2) is 27.0 Å². The van der Waals surface area contributed by atoms with Gasteiger partial charge in [-0.05, 0) is 44.7 Å². The van der Waals surface area contributed by atoms with Crippen molar-refractivity contribution in [3.05, 3.63) is 51.8 Å². The van der Waals surface area contributed by atoms with Gasteiger partial charge >= 0.3 is 0 Å². The molecule has 3 rings (SSSR count). The summed E-state index contributed by atoms with van der Waals surface area (Å²) in [5.74, 6) is 0. The van der Waals surface area contributed by atoms with Crippen LogP contribution in [0.3, 0.4) is 0 Å². The van der Waals surface area contributed by atoms with Crippen LogP contribution in [0.1, 0.15) is 41.8 Å². The molecule has 1 aliphatic rings. The molecule has 124 valence electrons. The highest BCUT2D eigenvalue weighted by atomic mass is 35.5. The summed E-state index contributed by atoms with van der Waals surface area (Å²) in [5, 5.41) is 19.0. The van der Waals surface area contributed by atoms with Crippen LogP contribution in [0.25, 0.3) is 0 Å². The summed E-state index contributed by atoms with van der Waals surface area (Å²) >= 11 is 6.25. The van der Waals surface area contributed by atoms with Gasteiger partial charge in [0.1, 0.15) is 0 Å². The second-order valence-electron chi connectivity index (χ2n) is 6.58. The smallest absolute Gasteiger partial charge is 0.0771 e. The Labute approximate surface area is 142 Å². The summed E-state index contributed by atoms with van der Waals surface area (Å²) in [6.45, 7) is 6.19. The first kappa shape index (κ1) is 16.5. The predicted octanol–water partition coefficient (Wildman–Crippen LogP) is 3.21. The normalized spacial score (nSPS) is 16.3. The first-order chi connectivity index (χ1) is 11.0. The molecule has 0 aliphatic heterocycles. The van der Waals surface area contributed by atoms with Gasteiger partial charge in [0.15, 0.2) is 0 Å². The minimum absolute atomic E-state index is 0.491. The fourth-order valence-corrected chi connectivity index (χ4v) is 3.31. The first-order valence-electron chi connectivity index (χ1n) is 8.18. The van der Waals surface area contributed by atoms with Gasteiger partial charge in [0, 0.05) is 29.4 Å². The number of aryl methyl sites for hydroxylation is 1. The Bertz CT molecular complexity index is 692. The molecular weight excluding hydrogens is 310 g/mol. The Hall–Kier alpha value is -1.36. The summed E-state index contributed by atoms with van der Waals surface area (Å²) in [6, 6.07) is 7.87. The molecule has 1 fully saturated rings. The van der Waals surface area contributed by atoms with Crippen molar-refractivity contribution >= 4 is 11.6 Å². The van der Waals surface area contributed by atoms with Crippen molar-refractivity contribution in [2.24, 2.45) is 0 Å². The lowest BCUT2D eigenvalue weighted by Gasteiger charge is -2.36. The molecule has 1 aliphatic carbocycles. The average Bonchev–Trinajstić information content (AvgIpc) is 2.75. The first-order valence-corrected chi connectivity index (χ1v) is 8.56. The lowest BCUT2D eigenvalue weighted by Crippen LogP contribution is -2.46. The maximum atomic E-state index is 10.2. The van der Waals surface area contributed by atoms with E-state index in [0.717, 1.165) is 47.8 Å². The second kappa shape index (κ2) is 6.63. The van der Waals surface area contributed by atoms with Gasteiger partial charge in [-0.2, -0.15) is 5.10 Å². The maximum Gasteiger partial charge on any atom is 0.0771 e. The second-order valence-corrected chi connectivity index (χ2v) is 6.99. The van der Waals surface area contributed by atoms with Gasteiger partial charge in [0.25, 0.3) is 0 Å². The van der Waals surface area contributed by atoms with E-state index in [9.17, 15) is 5.11 Å². The summed E-state index contributed by atoms with van der Waals surface area (Å²) in [6.07, 6.45) is 2.94. The summed E-state index contributed by atoms with van der Waals surface area (Å²) in [5.41, 5.74) is 3.97. The van der Waals surface area contributed by atoms with E-state index in [0.29, 0.717) is 13.1 Å². The third-order valence-corrected chi connectivity index (χ3v) is 5.22. The molecule has 4 nitrogen and oxygen atoms in total. The monoisotopic (exact) mass is 333 g/mol. The molecule has 0 bridgehead atoms. The predicted molar refractivity (Wildman–Crippen MR) is 92.8 cm³/mol. The van der Waals surface area contributed by atoms with Gasteiger partial charge in [0.05, 0.1) is 17.8 Å². The van der Waals surface area contributed by atoms with E-state index in [1.165, 1.54) is 5.56 Å². The summed E-state index contributed by atoms with van der Waals surface area (Å²) < 4.78 is 2.01. The molecule has 0 atom stereocenters. The van der Waals surface area contributed by atoms with Crippen molar-refractivity contribution in [1.29, 1.82) is 0 Å². The molecule has 5 heteroatoms. The lowest BCUT2D eigenvalue weighted by atomic mass is 9.80. The van der Waals surface area contributed by atoms with E-state index < -0.39 is 5.60 Å². The molecule has 2 aromatic rings. The number of benzene rings is 1. The SMILES string of the molecule is Cc1nn(Cc2ccccc2Cl)c(C)c1CNCC1(O)CCC1. The molecule has 0 unspecified atom stereocenters. The van der Waals surface area contributed by atoms with Crippen molar-refractivity contribution in [3.8, 4) is 0 Å². The number of rotatable bonds is 6. The van der Waals surface area contributed by atoms with Crippen LogP contribution < -0.4 is 5.32 Å². The third kappa shape index (κ3) is 3.60. The van der Waals surface area contributed by atoms with Crippen LogP contribution in [0.15, 0.2) is 24.3 Å². The quantitative estimate of drug-likeness (QED) is 0.853. The molecule has 1 aromatic heterocycles. The van der Waals surface area contributed by atoms with E-state index in [1.807, 2.05) is 35.9 Å². The number of hydrogen-bond acceptors (Lipinski definition) is 3. The molecule has 0 saturated heterocycles. The van der Waals surface area contributed by atoms with Gasteiger partial charge in [-0.25, -0.2) is 0 Å². The number of halogens is 1. The minimum atomic E-state index is -0.491. The highest BCUT2D eigenvalue weighted by molar-refractivity contribution is 6.31. The summed E-state index contributed by atoms with van der Waals surface area (Å²) in [7, 11) is 0. The Morgan fingerprint density at radius 3 is 2.70 bits per heavy atom. The topological polar surface area (TPSA) is 50.1 Å². The zero-order valence-electron chi connectivity index (χ0n) is 13.8. The standard InChI is InChI=1S/C18H24ClN3O/c1-13-16(10-20-12-18(23)8-5-9-18)14(2)22(21-13)11-15-6-3-4-7-17(15)19/h3-4,6-7,20,23H,5,8-12H2,1-2H3. The number of aliphatic hydroxyl groups is 1. The van der Waals surface area contributed by atoms with Crippen LogP contribution in [-0.2, 0) is 13.1 Å². The Morgan fingerprint density at radius 1 is 1.30 bits per heavy atom. The van der Waals surface area contributed by atoms with Gasteiger partial charge in [-0.15, -0.1) is 0 Å². The highest BCUT2D eigenvalue weighted by Gasteiger charge is 2.33. The average molecular weight is 334 g/mol. The van der Waals surface area contributed by atoms with Crippen molar-refractivity contribution in [2.75, 3.05) is 6.54 Å². The van der Waals surface area contributed by atoms with Crippen LogP contribution in [0.4, 0.5) is 0 Å². The maximum absolute atomic E-state index is 10.2. The third-order valence-electron chi connectivity index (χ3n) is 4.85. The fourth-order valence-electron chi connectivity index (χ4n) is 3.11. The molecule has 0 spiro atoms. The van der Waals surface area contributed by atoms with Crippen molar-refractivity contribution in [2.45, 2.75) is 51.8 Å². The zero-order valence-corrected chi connectivity index (χ0v) is 14.5. The highest BCUT2D eigenvalue weighted by Crippen LogP contribution is 2.30. The lowest BCUT2D eigenvalue weighted by molar-refractivity contribution is -0.0315. The van der Waals surface area contributed by atoms with E-state index in [4.69, 9.17) is 11.6 Å².